The average molecular weight is 457 g/mol. The molecule has 168 valence electrons. The minimum Gasteiger partial charge on any atom is -0.386 e. The first kappa shape index (κ1) is 23.3. The highest BCUT2D eigenvalue weighted by molar-refractivity contribution is 7.95. The van der Waals surface area contributed by atoms with Gasteiger partial charge in [-0.25, -0.2) is 17.9 Å². The lowest BCUT2D eigenvalue weighted by Gasteiger charge is -2.40. The van der Waals surface area contributed by atoms with E-state index < -0.39 is 31.7 Å². The highest BCUT2D eigenvalue weighted by atomic mass is 32.2. The Balaban J connectivity index is 2.00. The van der Waals surface area contributed by atoms with Crippen molar-refractivity contribution in [2.45, 2.75) is 38.0 Å². The molecule has 0 fully saturated rings. The smallest absolute Gasteiger partial charge is 0.274 e. The Bertz CT molecular complexity index is 1260. The van der Waals surface area contributed by atoms with Gasteiger partial charge in [0.1, 0.15) is 33.7 Å². The van der Waals surface area contributed by atoms with Crippen molar-refractivity contribution in [2.75, 3.05) is 17.6 Å². The Labute approximate surface area is 186 Å². The highest BCUT2D eigenvalue weighted by Crippen LogP contribution is 2.39. The molecule has 8 nitrogen and oxygen atoms in total. The predicted molar refractivity (Wildman–Crippen MR) is 122 cm³/mol. The number of pyridine rings is 1. The van der Waals surface area contributed by atoms with Gasteiger partial charge in [-0.2, -0.15) is 5.26 Å². The number of nitrogens with one attached hydrogen (secondary N) is 1. The normalized spacial score (nSPS) is 24.2. The summed E-state index contributed by atoms with van der Waals surface area (Å²) in [6.45, 7) is 7.23. The molecule has 3 rings (SSSR count). The van der Waals surface area contributed by atoms with Gasteiger partial charge in [0.15, 0.2) is 0 Å². The number of anilines is 1. The molecule has 0 saturated heterocycles. The number of halogens is 1. The maximum atomic E-state index is 14.9. The molecular weight excluding hydrogens is 431 g/mol. The third-order valence-corrected chi connectivity index (χ3v) is 8.96. The van der Waals surface area contributed by atoms with E-state index in [1.165, 1.54) is 36.5 Å². The van der Waals surface area contributed by atoms with Gasteiger partial charge in [-0.3, -0.25) is 9.79 Å². The topological polar surface area (TPSA) is 134 Å². The van der Waals surface area contributed by atoms with E-state index in [0.29, 0.717) is 17.8 Å². The number of aromatic nitrogens is 1. The SMILES string of the molecule is CCN=[S@@]1(=O)C[C@@](C)(c2cc(NC(=O)c3ccc(C#N)cn3)ccc2F)N=C(N)C1(C)C. The van der Waals surface area contributed by atoms with Gasteiger partial charge in [-0.05, 0) is 58.0 Å². The number of rotatable bonds is 4. The second-order valence-corrected chi connectivity index (χ2v) is 11.1. The van der Waals surface area contributed by atoms with Crippen LogP contribution in [-0.2, 0) is 15.3 Å². The van der Waals surface area contributed by atoms with Gasteiger partial charge >= 0.3 is 0 Å². The van der Waals surface area contributed by atoms with Crippen LogP contribution in [0.15, 0.2) is 45.9 Å². The molecule has 3 N–H and O–H groups in total. The lowest BCUT2D eigenvalue weighted by atomic mass is 9.92. The van der Waals surface area contributed by atoms with E-state index in [1.807, 2.05) is 6.07 Å². The summed E-state index contributed by atoms with van der Waals surface area (Å²) in [6, 6.07) is 8.92. The number of nitrogens with zero attached hydrogens (tertiary/aromatic N) is 4. The molecule has 10 heteroatoms. The summed E-state index contributed by atoms with van der Waals surface area (Å²) >= 11 is 0. The highest BCUT2D eigenvalue weighted by Gasteiger charge is 2.47. The number of hydrogen-bond acceptors (Lipinski definition) is 7. The van der Waals surface area contributed by atoms with Crippen LogP contribution >= 0.6 is 0 Å². The van der Waals surface area contributed by atoms with Gasteiger partial charge in [-0.1, -0.05) is 0 Å². The standard InChI is InChI=1S/C22H25FN6O2S/c1-5-27-32(31)13-22(4,29-20(25)21(32,2)3)16-10-15(7-8-17(16)23)28-19(30)18-9-6-14(11-24)12-26-18/h6-10,12H,5,13H2,1-4H3,(H2,25,29)(H,28,30)/t22-,32+/m0/s1. The zero-order valence-electron chi connectivity index (χ0n) is 18.3. The molecule has 0 bridgehead atoms. The van der Waals surface area contributed by atoms with Gasteiger partial charge in [-0.15, -0.1) is 0 Å². The van der Waals surface area contributed by atoms with Gasteiger partial charge < -0.3 is 11.1 Å². The Morgan fingerprint density at radius 3 is 2.66 bits per heavy atom. The fraction of sp³-hybridized carbons (Fsp3) is 0.364. The Morgan fingerprint density at radius 1 is 1.34 bits per heavy atom. The fourth-order valence-electron chi connectivity index (χ4n) is 3.52. The first-order valence-electron chi connectivity index (χ1n) is 9.99. The first-order valence-corrected chi connectivity index (χ1v) is 11.7. The van der Waals surface area contributed by atoms with Crippen LogP contribution in [-0.4, -0.2) is 38.0 Å². The van der Waals surface area contributed by atoms with Gasteiger partial charge in [0.25, 0.3) is 5.91 Å². The zero-order chi connectivity index (χ0) is 23.7. The van der Waals surface area contributed by atoms with Crippen molar-refractivity contribution >= 4 is 27.2 Å². The number of carbonyl (C=O) groups is 1. The first-order chi connectivity index (χ1) is 15.0. The van der Waals surface area contributed by atoms with Crippen LogP contribution in [0.5, 0.6) is 0 Å². The minimum atomic E-state index is -2.85. The summed E-state index contributed by atoms with van der Waals surface area (Å²) in [5.41, 5.74) is 5.86. The lowest BCUT2D eigenvalue weighted by molar-refractivity contribution is 0.102. The summed E-state index contributed by atoms with van der Waals surface area (Å²) in [6.07, 6.45) is 1.29. The van der Waals surface area contributed by atoms with Crippen molar-refractivity contribution in [1.29, 1.82) is 5.26 Å². The van der Waals surface area contributed by atoms with E-state index in [1.54, 1.807) is 27.7 Å². The molecule has 2 heterocycles. The van der Waals surface area contributed by atoms with Crippen molar-refractivity contribution in [3.8, 4) is 6.07 Å². The number of amidine groups is 1. The lowest BCUT2D eigenvalue weighted by Crippen LogP contribution is -2.54. The summed E-state index contributed by atoms with van der Waals surface area (Å²) in [5.74, 6) is -0.942. The molecule has 0 spiro atoms. The summed E-state index contributed by atoms with van der Waals surface area (Å²) in [7, 11) is -2.85. The predicted octanol–water partition coefficient (Wildman–Crippen LogP) is 3.20. The summed E-state index contributed by atoms with van der Waals surface area (Å²) < 4.78 is 32.0. The zero-order valence-corrected chi connectivity index (χ0v) is 19.2. The van der Waals surface area contributed by atoms with E-state index in [4.69, 9.17) is 11.0 Å². The second-order valence-electron chi connectivity index (χ2n) is 8.20. The Morgan fingerprint density at radius 2 is 2.06 bits per heavy atom. The van der Waals surface area contributed by atoms with Crippen molar-refractivity contribution < 1.29 is 13.4 Å². The van der Waals surface area contributed by atoms with Crippen molar-refractivity contribution in [2.24, 2.45) is 15.1 Å². The van der Waals surface area contributed by atoms with Crippen LogP contribution in [0.1, 0.15) is 49.3 Å². The van der Waals surface area contributed by atoms with Crippen molar-refractivity contribution in [1.82, 2.24) is 4.98 Å². The van der Waals surface area contributed by atoms with Crippen LogP contribution in [0.25, 0.3) is 0 Å². The van der Waals surface area contributed by atoms with E-state index in [0.717, 1.165) is 0 Å². The van der Waals surface area contributed by atoms with Crippen molar-refractivity contribution in [3.63, 3.8) is 0 Å². The molecule has 32 heavy (non-hydrogen) atoms. The molecular formula is C22H25FN6O2S. The number of hydrogen-bond donors (Lipinski definition) is 2. The number of benzene rings is 1. The molecule has 1 amide bonds. The molecule has 0 aliphatic carbocycles. The maximum absolute atomic E-state index is 14.9. The fourth-order valence-corrected chi connectivity index (χ4v) is 6.06. The van der Waals surface area contributed by atoms with Gasteiger partial charge in [0.05, 0.1) is 21.0 Å². The van der Waals surface area contributed by atoms with Crippen LogP contribution in [0.2, 0.25) is 0 Å². The Hall–Kier alpha value is -3.32. The largest absolute Gasteiger partial charge is 0.386 e. The summed E-state index contributed by atoms with van der Waals surface area (Å²) in [5, 5.41) is 11.5. The van der Waals surface area contributed by atoms with E-state index in [2.05, 4.69) is 19.7 Å². The molecule has 2 aromatic rings. The van der Waals surface area contributed by atoms with Gasteiger partial charge in [0, 0.05) is 24.0 Å². The average Bonchev–Trinajstić information content (AvgIpc) is 2.74. The molecule has 0 unspecified atom stereocenters. The van der Waals surface area contributed by atoms with Crippen LogP contribution in [0.4, 0.5) is 10.1 Å². The quantitative estimate of drug-likeness (QED) is 0.729. The number of carbonyl (C=O) groups excluding carboxylic acids is 1. The monoisotopic (exact) mass is 456 g/mol. The molecule has 1 aromatic heterocycles. The van der Waals surface area contributed by atoms with E-state index in [-0.39, 0.29) is 22.8 Å². The molecule has 1 aromatic carbocycles. The number of nitrogens with two attached hydrogens (primary N) is 1. The molecule has 0 radical (unpaired) electrons. The number of aliphatic imine (C=N–C) groups is 1. The van der Waals surface area contributed by atoms with Crippen LogP contribution < -0.4 is 11.1 Å². The maximum Gasteiger partial charge on any atom is 0.274 e. The van der Waals surface area contributed by atoms with Gasteiger partial charge in [0.2, 0.25) is 0 Å². The van der Waals surface area contributed by atoms with E-state index in [9.17, 15) is 13.4 Å². The van der Waals surface area contributed by atoms with Crippen LogP contribution in [0, 0.1) is 17.1 Å². The van der Waals surface area contributed by atoms with Crippen LogP contribution in [0.3, 0.4) is 0 Å². The third kappa shape index (κ3) is 4.08. The van der Waals surface area contributed by atoms with E-state index >= 15 is 0 Å². The Kier molecular flexibility index (Phi) is 6.07. The molecule has 0 saturated carbocycles. The second kappa shape index (κ2) is 8.31. The van der Waals surface area contributed by atoms with Crippen molar-refractivity contribution in [3.05, 3.63) is 59.2 Å². The molecule has 1 aliphatic heterocycles. The molecule has 2 atom stereocenters. The molecule has 1 aliphatic rings. The third-order valence-electron chi connectivity index (χ3n) is 5.53. The number of nitriles is 1. The summed E-state index contributed by atoms with van der Waals surface area (Å²) in [4.78, 5) is 21.0. The number of amides is 1. The minimum absolute atomic E-state index is 0.00691.